The van der Waals surface area contributed by atoms with E-state index < -0.39 is 28.5 Å². The highest BCUT2D eigenvalue weighted by Crippen LogP contribution is 2.27. The van der Waals surface area contributed by atoms with Crippen LogP contribution in [0.1, 0.15) is 25.8 Å². The quantitative estimate of drug-likeness (QED) is 0.584. The average Bonchev–Trinajstić information content (AvgIpc) is 2.74. The fourth-order valence-corrected chi connectivity index (χ4v) is 4.16. The minimum absolute atomic E-state index is 0.167. The third kappa shape index (κ3) is 6.97. The SMILES string of the molecule is CCCNC(=O)[C@@H](C)N(Cc1ccccc1)C(=O)CN(c1ccccc1Cl)S(C)(=O)=O. The molecule has 0 radical (unpaired) electrons. The summed E-state index contributed by atoms with van der Waals surface area (Å²) >= 11 is 6.19. The van der Waals surface area contributed by atoms with Crippen molar-refractivity contribution < 1.29 is 18.0 Å². The average molecular weight is 466 g/mol. The first-order valence-electron chi connectivity index (χ1n) is 9.98. The van der Waals surface area contributed by atoms with Gasteiger partial charge in [0.1, 0.15) is 12.6 Å². The molecule has 0 unspecified atom stereocenters. The van der Waals surface area contributed by atoms with Crippen molar-refractivity contribution in [2.24, 2.45) is 0 Å². The molecule has 2 aromatic carbocycles. The Morgan fingerprint density at radius 2 is 1.68 bits per heavy atom. The summed E-state index contributed by atoms with van der Waals surface area (Å²) in [5.74, 6) is -0.803. The van der Waals surface area contributed by atoms with Crippen LogP contribution in [0.5, 0.6) is 0 Å². The lowest BCUT2D eigenvalue weighted by Gasteiger charge is -2.31. The predicted octanol–water partition coefficient (Wildman–Crippen LogP) is 3.05. The summed E-state index contributed by atoms with van der Waals surface area (Å²) in [5, 5.41) is 3.00. The summed E-state index contributed by atoms with van der Waals surface area (Å²) < 4.78 is 25.9. The van der Waals surface area contributed by atoms with Crippen LogP contribution < -0.4 is 9.62 Å². The Kier molecular flexibility index (Phi) is 8.88. The molecule has 1 N–H and O–H groups in total. The van der Waals surface area contributed by atoms with Crippen LogP contribution >= 0.6 is 11.6 Å². The Balaban J connectivity index is 2.35. The Morgan fingerprint density at radius 1 is 1.06 bits per heavy atom. The van der Waals surface area contributed by atoms with Gasteiger partial charge in [-0.15, -0.1) is 0 Å². The van der Waals surface area contributed by atoms with Gasteiger partial charge in [0.25, 0.3) is 0 Å². The van der Waals surface area contributed by atoms with Crippen LogP contribution in [0.25, 0.3) is 0 Å². The molecule has 2 rings (SSSR count). The molecule has 0 spiro atoms. The summed E-state index contributed by atoms with van der Waals surface area (Å²) in [7, 11) is -3.80. The second-order valence-corrected chi connectivity index (χ2v) is 9.51. The largest absolute Gasteiger partial charge is 0.354 e. The second kappa shape index (κ2) is 11.2. The van der Waals surface area contributed by atoms with Crippen LogP contribution in [0.4, 0.5) is 5.69 Å². The topological polar surface area (TPSA) is 86.8 Å². The van der Waals surface area contributed by atoms with Gasteiger partial charge >= 0.3 is 0 Å². The van der Waals surface area contributed by atoms with Crippen LogP contribution in [0.2, 0.25) is 5.02 Å². The van der Waals surface area contributed by atoms with E-state index in [0.717, 1.165) is 22.5 Å². The first-order chi connectivity index (χ1) is 14.6. The molecular weight excluding hydrogens is 438 g/mol. The van der Waals surface area contributed by atoms with Crippen LogP contribution in [0.3, 0.4) is 0 Å². The zero-order chi connectivity index (χ0) is 23.0. The number of amides is 2. The van der Waals surface area contributed by atoms with E-state index >= 15 is 0 Å². The van der Waals surface area contributed by atoms with Crippen LogP contribution in [0.15, 0.2) is 54.6 Å². The highest BCUT2D eigenvalue weighted by atomic mass is 35.5. The normalized spacial score (nSPS) is 12.1. The summed E-state index contributed by atoms with van der Waals surface area (Å²) in [5.41, 5.74) is 1.04. The van der Waals surface area contributed by atoms with Gasteiger partial charge < -0.3 is 10.2 Å². The fourth-order valence-electron chi connectivity index (χ4n) is 3.01. The van der Waals surface area contributed by atoms with Gasteiger partial charge in [0.05, 0.1) is 17.0 Å². The maximum Gasteiger partial charge on any atom is 0.244 e. The van der Waals surface area contributed by atoms with Crippen molar-refractivity contribution in [2.45, 2.75) is 32.9 Å². The van der Waals surface area contributed by atoms with Gasteiger partial charge in [0.2, 0.25) is 21.8 Å². The van der Waals surface area contributed by atoms with Gasteiger partial charge in [0, 0.05) is 13.1 Å². The molecular formula is C22H28ClN3O4S. The highest BCUT2D eigenvalue weighted by Gasteiger charge is 2.30. The van der Waals surface area contributed by atoms with Gasteiger partial charge in [-0.1, -0.05) is 61.0 Å². The second-order valence-electron chi connectivity index (χ2n) is 7.20. The van der Waals surface area contributed by atoms with Crippen molar-refractivity contribution in [2.75, 3.05) is 23.7 Å². The van der Waals surface area contributed by atoms with Crippen molar-refractivity contribution in [3.05, 3.63) is 65.2 Å². The molecule has 2 aromatic rings. The van der Waals surface area contributed by atoms with Crippen molar-refractivity contribution in [3.8, 4) is 0 Å². The number of halogens is 1. The Labute approximate surface area is 189 Å². The fraction of sp³-hybridized carbons (Fsp3) is 0.364. The minimum atomic E-state index is -3.80. The number of benzene rings is 2. The monoisotopic (exact) mass is 465 g/mol. The number of para-hydroxylation sites is 1. The van der Waals surface area contributed by atoms with Crippen molar-refractivity contribution in [3.63, 3.8) is 0 Å². The van der Waals surface area contributed by atoms with E-state index in [-0.39, 0.29) is 23.2 Å². The summed E-state index contributed by atoms with van der Waals surface area (Å²) in [6, 6.07) is 14.9. The molecule has 0 fully saturated rings. The predicted molar refractivity (Wildman–Crippen MR) is 123 cm³/mol. The maximum absolute atomic E-state index is 13.3. The minimum Gasteiger partial charge on any atom is -0.354 e. The molecule has 31 heavy (non-hydrogen) atoms. The van der Waals surface area contributed by atoms with E-state index in [1.54, 1.807) is 25.1 Å². The molecule has 0 bridgehead atoms. The van der Waals surface area contributed by atoms with E-state index in [1.807, 2.05) is 37.3 Å². The van der Waals surface area contributed by atoms with E-state index in [9.17, 15) is 18.0 Å². The third-order valence-electron chi connectivity index (χ3n) is 4.71. The standard InChI is InChI=1S/C22H28ClN3O4S/c1-4-14-24-22(28)17(2)25(15-18-10-6-5-7-11-18)21(27)16-26(31(3,29)30)20-13-9-8-12-19(20)23/h5-13,17H,4,14-16H2,1-3H3,(H,24,28)/t17-/m1/s1. The maximum atomic E-state index is 13.3. The molecule has 168 valence electrons. The number of sulfonamides is 1. The van der Waals surface area contributed by atoms with E-state index in [0.29, 0.717) is 6.54 Å². The molecule has 0 aliphatic heterocycles. The number of carbonyl (C=O) groups is 2. The molecule has 0 aromatic heterocycles. The Morgan fingerprint density at radius 3 is 2.26 bits per heavy atom. The Hall–Kier alpha value is -2.58. The number of carbonyl (C=O) groups excluding carboxylic acids is 2. The molecule has 1 atom stereocenters. The van der Waals surface area contributed by atoms with Crippen molar-refractivity contribution in [1.82, 2.24) is 10.2 Å². The van der Waals surface area contributed by atoms with E-state index in [1.165, 1.54) is 11.0 Å². The number of nitrogens with one attached hydrogen (secondary N) is 1. The summed E-state index contributed by atoms with van der Waals surface area (Å²) in [6.45, 7) is 3.75. The number of anilines is 1. The third-order valence-corrected chi connectivity index (χ3v) is 6.16. The van der Waals surface area contributed by atoms with Crippen molar-refractivity contribution >= 4 is 39.1 Å². The molecule has 2 amide bonds. The van der Waals surface area contributed by atoms with Crippen molar-refractivity contribution in [1.29, 1.82) is 0 Å². The molecule has 0 heterocycles. The van der Waals surface area contributed by atoms with E-state index in [2.05, 4.69) is 5.32 Å². The van der Waals surface area contributed by atoms with Gasteiger partial charge in [-0.3, -0.25) is 13.9 Å². The first kappa shape index (κ1) is 24.7. The highest BCUT2D eigenvalue weighted by molar-refractivity contribution is 7.92. The lowest BCUT2D eigenvalue weighted by Crippen LogP contribution is -2.51. The van der Waals surface area contributed by atoms with Crippen LogP contribution in [0, 0.1) is 0 Å². The number of hydrogen-bond acceptors (Lipinski definition) is 4. The van der Waals surface area contributed by atoms with Crippen LogP contribution in [-0.2, 0) is 26.2 Å². The molecule has 0 aliphatic carbocycles. The van der Waals surface area contributed by atoms with Gasteiger partial charge in [-0.05, 0) is 31.0 Å². The molecule has 0 saturated carbocycles. The smallest absolute Gasteiger partial charge is 0.244 e. The zero-order valence-corrected chi connectivity index (χ0v) is 19.5. The van der Waals surface area contributed by atoms with Gasteiger partial charge in [-0.25, -0.2) is 8.42 Å². The van der Waals surface area contributed by atoms with Gasteiger partial charge in [-0.2, -0.15) is 0 Å². The molecule has 9 heteroatoms. The number of rotatable bonds is 10. The van der Waals surface area contributed by atoms with E-state index in [4.69, 9.17) is 11.6 Å². The molecule has 7 nitrogen and oxygen atoms in total. The lowest BCUT2D eigenvalue weighted by molar-refractivity contribution is -0.139. The number of nitrogens with zero attached hydrogens (tertiary/aromatic N) is 2. The molecule has 0 saturated heterocycles. The zero-order valence-electron chi connectivity index (χ0n) is 17.9. The summed E-state index contributed by atoms with van der Waals surface area (Å²) in [4.78, 5) is 27.3. The molecule has 0 aliphatic rings. The first-order valence-corrected chi connectivity index (χ1v) is 12.2. The van der Waals surface area contributed by atoms with Gasteiger partial charge in [0.15, 0.2) is 0 Å². The lowest BCUT2D eigenvalue weighted by atomic mass is 10.1. The number of hydrogen-bond donors (Lipinski definition) is 1. The Bertz CT molecular complexity index is 999. The summed E-state index contributed by atoms with van der Waals surface area (Å²) in [6.07, 6.45) is 1.78. The van der Waals surface area contributed by atoms with Crippen LogP contribution in [-0.4, -0.2) is 50.5 Å².